The van der Waals surface area contributed by atoms with Gasteiger partial charge in [0.05, 0.1) is 11.6 Å². The van der Waals surface area contributed by atoms with Gasteiger partial charge >= 0.3 is 5.82 Å². The average Bonchev–Trinajstić information content (AvgIpc) is 2.47. The summed E-state index contributed by atoms with van der Waals surface area (Å²) in [7, 11) is 0. The Bertz CT molecular complexity index is 409. The van der Waals surface area contributed by atoms with Crippen molar-refractivity contribution in [1.82, 2.24) is 10.2 Å². The van der Waals surface area contributed by atoms with Gasteiger partial charge in [-0.2, -0.15) is 0 Å². The SMILES string of the molecule is NC1(c2cc([N+](=O)[O-])[nH]n2)CC(F)(F)C1. The number of alkyl halides is 2. The molecule has 15 heavy (non-hydrogen) atoms. The summed E-state index contributed by atoms with van der Waals surface area (Å²) in [5.41, 5.74) is 4.50. The molecule has 82 valence electrons. The summed E-state index contributed by atoms with van der Waals surface area (Å²) in [5, 5.41) is 16.0. The van der Waals surface area contributed by atoms with Gasteiger partial charge in [0, 0.05) is 12.8 Å². The molecule has 0 bridgehead atoms. The van der Waals surface area contributed by atoms with E-state index in [-0.39, 0.29) is 11.5 Å². The van der Waals surface area contributed by atoms with Crippen LogP contribution in [0, 0.1) is 10.1 Å². The molecule has 1 aromatic heterocycles. The Morgan fingerprint density at radius 3 is 2.60 bits per heavy atom. The van der Waals surface area contributed by atoms with E-state index in [2.05, 4.69) is 10.2 Å². The van der Waals surface area contributed by atoms with E-state index in [1.54, 1.807) is 0 Å². The first-order chi connectivity index (χ1) is 6.82. The molecule has 2 rings (SSSR count). The summed E-state index contributed by atoms with van der Waals surface area (Å²) >= 11 is 0. The molecule has 1 aromatic rings. The van der Waals surface area contributed by atoms with E-state index in [4.69, 9.17) is 5.73 Å². The first-order valence-electron chi connectivity index (χ1n) is 4.19. The maximum atomic E-state index is 12.6. The molecule has 0 atom stereocenters. The number of nitrogens with one attached hydrogen (secondary N) is 1. The smallest absolute Gasteiger partial charge is 0.342 e. The second kappa shape index (κ2) is 2.72. The molecular formula is C7H8F2N4O2. The van der Waals surface area contributed by atoms with E-state index in [1.807, 2.05) is 0 Å². The fourth-order valence-corrected chi connectivity index (χ4v) is 1.71. The lowest BCUT2D eigenvalue weighted by Gasteiger charge is -2.42. The largest absolute Gasteiger partial charge is 0.358 e. The standard InChI is InChI=1S/C7H8F2N4O2/c8-7(9)2-6(10,3-7)4-1-5(12-11-4)13(14)15/h1H,2-3,10H2,(H,11,12). The molecule has 0 aromatic carbocycles. The van der Waals surface area contributed by atoms with Crippen molar-refractivity contribution in [2.24, 2.45) is 5.73 Å². The van der Waals surface area contributed by atoms with Gasteiger partial charge in [0.2, 0.25) is 0 Å². The second-order valence-electron chi connectivity index (χ2n) is 3.76. The van der Waals surface area contributed by atoms with E-state index < -0.39 is 29.2 Å². The van der Waals surface area contributed by atoms with Gasteiger partial charge in [0.1, 0.15) is 5.69 Å². The predicted octanol–water partition coefficient (Wildman–Crippen LogP) is 0.901. The Labute approximate surface area is 82.6 Å². The van der Waals surface area contributed by atoms with Crippen LogP contribution in [0.2, 0.25) is 0 Å². The number of aromatic amines is 1. The zero-order valence-electron chi connectivity index (χ0n) is 7.54. The zero-order valence-corrected chi connectivity index (χ0v) is 7.54. The minimum Gasteiger partial charge on any atom is -0.358 e. The van der Waals surface area contributed by atoms with Crippen LogP contribution in [0.15, 0.2) is 6.07 Å². The third kappa shape index (κ3) is 1.56. The van der Waals surface area contributed by atoms with Crippen molar-refractivity contribution >= 4 is 5.82 Å². The van der Waals surface area contributed by atoms with E-state index in [9.17, 15) is 18.9 Å². The number of nitro groups is 1. The summed E-state index contributed by atoms with van der Waals surface area (Å²) < 4.78 is 25.3. The molecule has 0 aliphatic heterocycles. The van der Waals surface area contributed by atoms with Gasteiger partial charge in [-0.15, -0.1) is 5.10 Å². The Balaban J connectivity index is 2.21. The Morgan fingerprint density at radius 1 is 1.60 bits per heavy atom. The van der Waals surface area contributed by atoms with Gasteiger partial charge in [-0.1, -0.05) is 5.10 Å². The Kier molecular flexibility index (Phi) is 1.81. The molecular weight excluding hydrogens is 210 g/mol. The van der Waals surface area contributed by atoms with E-state index >= 15 is 0 Å². The topological polar surface area (TPSA) is 97.8 Å². The van der Waals surface area contributed by atoms with Gasteiger partial charge < -0.3 is 15.8 Å². The molecule has 1 aliphatic carbocycles. The fourth-order valence-electron chi connectivity index (χ4n) is 1.71. The van der Waals surface area contributed by atoms with Gasteiger partial charge in [-0.25, -0.2) is 8.78 Å². The van der Waals surface area contributed by atoms with Crippen LogP contribution in [0.1, 0.15) is 18.5 Å². The molecule has 1 fully saturated rings. The number of hydrogen-bond donors (Lipinski definition) is 2. The summed E-state index contributed by atoms with van der Waals surface area (Å²) in [6, 6.07) is 1.09. The molecule has 1 saturated carbocycles. The number of rotatable bonds is 2. The molecule has 1 heterocycles. The van der Waals surface area contributed by atoms with Crippen molar-refractivity contribution in [3.8, 4) is 0 Å². The lowest BCUT2D eigenvalue weighted by molar-refractivity contribution is -0.389. The number of nitrogens with two attached hydrogens (primary N) is 1. The number of H-pyrrole nitrogens is 1. The maximum absolute atomic E-state index is 12.6. The second-order valence-corrected chi connectivity index (χ2v) is 3.76. The Morgan fingerprint density at radius 2 is 2.20 bits per heavy atom. The quantitative estimate of drug-likeness (QED) is 0.569. The highest BCUT2D eigenvalue weighted by molar-refractivity contribution is 5.29. The third-order valence-electron chi connectivity index (χ3n) is 2.42. The van der Waals surface area contributed by atoms with Gasteiger partial charge in [-0.3, -0.25) is 0 Å². The summed E-state index contributed by atoms with van der Waals surface area (Å²) in [5.74, 6) is -3.13. The van der Waals surface area contributed by atoms with Crippen molar-refractivity contribution in [1.29, 1.82) is 0 Å². The Hall–Kier alpha value is -1.57. The van der Waals surface area contributed by atoms with Crippen LogP contribution in [-0.2, 0) is 5.54 Å². The first-order valence-corrected chi connectivity index (χ1v) is 4.19. The highest BCUT2D eigenvalue weighted by Gasteiger charge is 2.57. The van der Waals surface area contributed by atoms with Crippen LogP contribution in [0.3, 0.4) is 0 Å². The molecule has 8 heteroatoms. The molecule has 1 aliphatic rings. The molecule has 0 spiro atoms. The van der Waals surface area contributed by atoms with E-state index in [0.29, 0.717) is 0 Å². The fraction of sp³-hybridized carbons (Fsp3) is 0.571. The van der Waals surface area contributed by atoms with Crippen molar-refractivity contribution in [2.45, 2.75) is 24.3 Å². The minimum absolute atomic E-state index is 0.111. The highest BCUT2D eigenvalue weighted by Crippen LogP contribution is 2.49. The predicted molar refractivity (Wildman–Crippen MR) is 45.3 cm³/mol. The molecule has 6 nitrogen and oxygen atoms in total. The van der Waals surface area contributed by atoms with E-state index in [1.165, 1.54) is 0 Å². The third-order valence-corrected chi connectivity index (χ3v) is 2.42. The van der Waals surface area contributed by atoms with Crippen LogP contribution in [0.5, 0.6) is 0 Å². The molecule has 0 amide bonds. The van der Waals surface area contributed by atoms with Crippen molar-refractivity contribution in [3.05, 3.63) is 21.9 Å². The number of hydrogen-bond acceptors (Lipinski definition) is 4. The highest BCUT2D eigenvalue weighted by atomic mass is 19.3. The molecule has 3 N–H and O–H groups in total. The number of nitrogens with zero attached hydrogens (tertiary/aromatic N) is 2. The monoisotopic (exact) mass is 218 g/mol. The molecule has 0 unspecified atom stereocenters. The number of halogens is 2. The summed E-state index contributed by atoms with van der Waals surface area (Å²) in [6.07, 6.45) is -1.05. The minimum atomic E-state index is -2.79. The first kappa shape index (κ1) is 9.97. The summed E-state index contributed by atoms with van der Waals surface area (Å²) in [4.78, 5) is 9.64. The normalized spacial score (nSPS) is 22.1. The molecule has 0 saturated heterocycles. The molecule has 0 radical (unpaired) electrons. The van der Waals surface area contributed by atoms with Gasteiger partial charge in [0.25, 0.3) is 5.92 Å². The van der Waals surface area contributed by atoms with Crippen LogP contribution in [-0.4, -0.2) is 21.0 Å². The van der Waals surface area contributed by atoms with Crippen LogP contribution in [0.25, 0.3) is 0 Å². The maximum Gasteiger partial charge on any atom is 0.342 e. The van der Waals surface area contributed by atoms with Crippen molar-refractivity contribution in [2.75, 3.05) is 0 Å². The lowest BCUT2D eigenvalue weighted by Crippen LogP contribution is -2.55. The van der Waals surface area contributed by atoms with Crippen LogP contribution < -0.4 is 5.73 Å². The van der Waals surface area contributed by atoms with Crippen LogP contribution >= 0.6 is 0 Å². The summed E-state index contributed by atoms with van der Waals surface area (Å²) in [6.45, 7) is 0. The zero-order chi connectivity index (χ0) is 11.3. The van der Waals surface area contributed by atoms with E-state index in [0.717, 1.165) is 6.07 Å². The van der Waals surface area contributed by atoms with Gasteiger partial charge in [0.15, 0.2) is 0 Å². The lowest BCUT2D eigenvalue weighted by atomic mass is 9.72. The number of aromatic nitrogens is 2. The van der Waals surface area contributed by atoms with Gasteiger partial charge in [-0.05, 0) is 4.92 Å². The van der Waals surface area contributed by atoms with Crippen molar-refractivity contribution < 1.29 is 13.7 Å². The van der Waals surface area contributed by atoms with Crippen LogP contribution in [0.4, 0.5) is 14.6 Å². The van der Waals surface area contributed by atoms with Crippen molar-refractivity contribution in [3.63, 3.8) is 0 Å². The average molecular weight is 218 g/mol.